The molecular formula is C69H133NO5. The Morgan fingerprint density at radius 2 is 0.653 bits per heavy atom. The minimum absolute atomic E-state index is 0.00887. The van der Waals surface area contributed by atoms with Gasteiger partial charge in [-0.05, 0) is 57.8 Å². The third kappa shape index (κ3) is 61.4. The Bertz CT molecular complexity index is 1170. The molecule has 0 rings (SSSR count). The molecule has 0 saturated heterocycles. The standard InChI is InChI=1S/C69H133NO5/c1-3-5-7-9-11-13-15-17-19-21-22-23-24-25-27-30-33-37-41-45-49-53-57-61-67(72)66(65-71)70-68(73)62-58-54-50-46-42-38-34-31-28-26-29-32-36-40-44-48-52-56-60-64-75-69(74)63-59-55-51-47-43-39-35-20-18-16-14-12-10-8-6-4-2/h32,36,40,44,66-67,71-72H,3-31,33-35,37-39,41-43,45-65H2,1-2H3,(H,70,73)/b36-32-,44-40-. The first kappa shape index (κ1) is 73.3. The lowest BCUT2D eigenvalue weighted by Gasteiger charge is -2.22. The van der Waals surface area contributed by atoms with E-state index in [1.807, 2.05) is 0 Å². The summed E-state index contributed by atoms with van der Waals surface area (Å²) in [6, 6.07) is -0.550. The summed E-state index contributed by atoms with van der Waals surface area (Å²) >= 11 is 0. The average Bonchev–Trinajstić information content (AvgIpc) is 3.41. The van der Waals surface area contributed by atoms with Gasteiger partial charge in [0.05, 0.1) is 25.4 Å². The number of nitrogens with one attached hydrogen (secondary N) is 1. The van der Waals surface area contributed by atoms with Gasteiger partial charge in [0.2, 0.25) is 5.91 Å². The van der Waals surface area contributed by atoms with Gasteiger partial charge >= 0.3 is 5.97 Å². The molecular weight excluding hydrogens is 923 g/mol. The zero-order chi connectivity index (χ0) is 54.3. The monoisotopic (exact) mass is 1060 g/mol. The highest BCUT2D eigenvalue weighted by Gasteiger charge is 2.20. The third-order valence-corrected chi connectivity index (χ3v) is 16.0. The van der Waals surface area contributed by atoms with E-state index in [4.69, 9.17) is 4.74 Å². The van der Waals surface area contributed by atoms with Gasteiger partial charge in [0.25, 0.3) is 0 Å². The van der Waals surface area contributed by atoms with Crippen molar-refractivity contribution in [3.05, 3.63) is 24.3 Å². The fraction of sp³-hybridized carbons (Fsp3) is 0.913. The molecule has 2 unspecified atom stereocenters. The van der Waals surface area contributed by atoms with E-state index >= 15 is 0 Å². The van der Waals surface area contributed by atoms with Crippen molar-refractivity contribution in [3.8, 4) is 0 Å². The summed E-state index contributed by atoms with van der Waals surface area (Å²) in [4.78, 5) is 24.6. The van der Waals surface area contributed by atoms with E-state index < -0.39 is 12.1 Å². The van der Waals surface area contributed by atoms with E-state index in [-0.39, 0.29) is 18.5 Å². The number of amides is 1. The van der Waals surface area contributed by atoms with Crippen molar-refractivity contribution in [1.82, 2.24) is 5.32 Å². The molecule has 444 valence electrons. The number of hydrogen-bond acceptors (Lipinski definition) is 5. The van der Waals surface area contributed by atoms with Crippen LogP contribution in [0.15, 0.2) is 24.3 Å². The number of ether oxygens (including phenoxy) is 1. The lowest BCUT2D eigenvalue weighted by atomic mass is 10.0. The summed E-state index contributed by atoms with van der Waals surface area (Å²) in [6.07, 6.45) is 80.7. The highest BCUT2D eigenvalue weighted by Crippen LogP contribution is 2.19. The van der Waals surface area contributed by atoms with Crippen molar-refractivity contribution < 1.29 is 24.5 Å². The van der Waals surface area contributed by atoms with Gasteiger partial charge in [-0.25, -0.2) is 0 Å². The highest BCUT2D eigenvalue weighted by molar-refractivity contribution is 5.76. The molecule has 2 atom stereocenters. The van der Waals surface area contributed by atoms with Crippen molar-refractivity contribution in [2.45, 2.75) is 392 Å². The molecule has 1 amide bonds. The highest BCUT2D eigenvalue weighted by atomic mass is 16.5. The Hall–Kier alpha value is -1.66. The summed E-state index contributed by atoms with van der Waals surface area (Å²) in [6.45, 7) is 4.95. The van der Waals surface area contributed by atoms with Gasteiger partial charge in [0.15, 0.2) is 0 Å². The molecule has 0 aromatic rings. The second-order valence-electron chi connectivity index (χ2n) is 23.5. The summed E-state index contributed by atoms with van der Waals surface area (Å²) in [5.41, 5.74) is 0. The fourth-order valence-electron chi connectivity index (χ4n) is 10.8. The van der Waals surface area contributed by atoms with Crippen molar-refractivity contribution in [2.24, 2.45) is 0 Å². The van der Waals surface area contributed by atoms with Gasteiger partial charge < -0.3 is 20.3 Å². The van der Waals surface area contributed by atoms with Crippen molar-refractivity contribution in [1.29, 1.82) is 0 Å². The lowest BCUT2D eigenvalue weighted by Crippen LogP contribution is -2.45. The first-order valence-electron chi connectivity index (χ1n) is 34.1. The van der Waals surface area contributed by atoms with Crippen LogP contribution in [0.3, 0.4) is 0 Å². The van der Waals surface area contributed by atoms with E-state index in [9.17, 15) is 19.8 Å². The molecule has 0 spiro atoms. The largest absolute Gasteiger partial charge is 0.466 e. The van der Waals surface area contributed by atoms with E-state index in [0.29, 0.717) is 25.9 Å². The number of aliphatic hydroxyl groups is 2. The quantitative estimate of drug-likeness (QED) is 0.0320. The predicted molar refractivity (Wildman–Crippen MR) is 329 cm³/mol. The van der Waals surface area contributed by atoms with Gasteiger partial charge in [0, 0.05) is 12.8 Å². The topological polar surface area (TPSA) is 95.9 Å². The van der Waals surface area contributed by atoms with Gasteiger partial charge in [-0.15, -0.1) is 0 Å². The van der Waals surface area contributed by atoms with Gasteiger partial charge in [-0.2, -0.15) is 0 Å². The first-order chi connectivity index (χ1) is 37.0. The van der Waals surface area contributed by atoms with Crippen molar-refractivity contribution in [2.75, 3.05) is 13.2 Å². The minimum Gasteiger partial charge on any atom is -0.466 e. The van der Waals surface area contributed by atoms with Crippen LogP contribution in [0, 0.1) is 0 Å². The first-order valence-corrected chi connectivity index (χ1v) is 34.1. The maximum Gasteiger partial charge on any atom is 0.305 e. The molecule has 0 aromatic heterocycles. The molecule has 0 fully saturated rings. The molecule has 6 nitrogen and oxygen atoms in total. The molecule has 0 aliphatic carbocycles. The van der Waals surface area contributed by atoms with Crippen LogP contribution >= 0.6 is 0 Å². The molecule has 0 aliphatic rings. The average molecular weight is 1060 g/mol. The minimum atomic E-state index is -0.672. The van der Waals surface area contributed by atoms with Crippen LogP contribution < -0.4 is 5.32 Å². The smallest absolute Gasteiger partial charge is 0.305 e. The number of rotatable bonds is 64. The van der Waals surface area contributed by atoms with E-state index in [0.717, 1.165) is 70.6 Å². The Kier molecular flexibility index (Phi) is 63.4. The van der Waals surface area contributed by atoms with Gasteiger partial charge in [-0.1, -0.05) is 334 Å². The molecule has 0 saturated carbocycles. The van der Waals surface area contributed by atoms with Crippen LogP contribution in [-0.2, 0) is 14.3 Å². The van der Waals surface area contributed by atoms with Gasteiger partial charge in [-0.3, -0.25) is 9.59 Å². The molecule has 0 aromatic carbocycles. The number of carbonyl (C=O) groups is 2. The van der Waals surface area contributed by atoms with Gasteiger partial charge in [0.1, 0.15) is 0 Å². The summed E-state index contributed by atoms with van der Waals surface area (Å²) in [5.74, 6) is -0.0494. The maximum absolute atomic E-state index is 12.5. The summed E-state index contributed by atoms with van der Waals surface area (Å²) in [7, 11) is 0. The van der Waals surface area contributed by atoms with E-state index in [2.05, 4.69) is 43.5 Å². The second kappa shape index (κ2) is 64.9. The van der Waals surface area contributed by atoms with Crippen molar-refractivity contribution in [3.63, 3.8) is 0 Å². The molecule has 3 N–H and O–H groups in total. The summed E-state index contributed by atoms with van der Waals surface area (Å²) < 4.78 is 5.47. The lowest BCUT2D eigenvalue weighted by molar-refractivity contribution is -0.143. The molecule has 6 heteroatoms. The third-order valence-electron chi connectivity index (χ3n) is 16.0. The van der Waals surface area contributed by atoms with E-state index in [1.54, 1.807) is 0 Å². The Labute approximate surface area is 469 Å². The number of aliphatic hydroxyl groups excluding tert-OH is 2. The van der Waals surface area contributed by atoms with Crippen LogP contribution in [-0.4, -0.2) is 47.4 Å². The number of hydrogen-bond donors (Lipinski definition) is 3. The van der Waals surface area contributed by atoms with Crippen LogP contribution in [0.4, 0.5) is 0 Å². The molecule has 75 heavy (non-hydrogen) atoms. The second-order valence-corrected chi connectivity index (χ2v) is 23.5. The zero-order valence-electron chi connectivity index (χ0n) is 50.8. The predicted octanol–water partition coefficient (Wildman–Crippen LogP) is 21.8. The maximum atomic E-state index is 12.5. The number of allylic oxidation sites excluding steroid dienone is 4. The van der Waals surface area contributed by atoms with Crippen LogP contribution in [0.2, 0.25) is 0 Å². The molecule has 0 heterocycles. The number of esters is 1. The van der Waals surface area contributed by atoms with Crippen LogP contribution in [0.5, 0.6) is 0 Å². The molecule has 0 radical (unpaired) electrons. The fourth-order valence-corrected chi connectivity index (χ4v) is 10.8. The Morgan fingerprint density at radius 3 is 0.987 bits per heavy atom. The molecule has 0 bridgehead atoms. The number of carbonyl (C=O) groups excluding carboxylic acids is 2. The SMILES string of the molecule is CCCCCCCCCCCCCCCCCCCCCCCCCC(O)C(CO)NC(=O)CCCCCCCCCCCC/C=C\C=C/CCCCCOC(=O)CCCCCCCCCCCCCCCCCC. The van der Waals surface area contributed by atoms with Crippen molar-refractivity contribution >= 4 is 11.9 Å². The van der Waals surface area contributed by atoms with Crippen LogP contribution in [0.25, 0.3) is 0 Å². The Balaban J connectivity index is 3.45. The number of unbranched alkanes of at least 4 members (excludes halogenated alkanes) is 50. The molecule has 0 aliphatic heterocycles. The normalized spacial score (nSPS) is 12.6. The Morgan fingerprint density at radius 1 is 0.373 bits per heavy atom. The zero-order valence-corrected chi connectivity index (χ0v) is 50.8. The van der Waals surface area contributed by atoms with Crippen LogP contribution in [0.1, 0.15) is 380 Å². The van der Waals surface area contributed by atoms with E-state index in [1.165, 1.54) is 276 Å². The summed E-state index contributed by atoms with van der Waals surface area (Å²) in [5, 5.41) is 23.4.